The molecular weight excluding hydrogens is 260 g/mol. The first-order chi connectivity index (χ1) is 10.2. The first-order valence-corrected chi connectivity index (χ1v) is 7.38. The Morgan fingerprint density at radius 3 is 2.48 bits per heavy atom. The molecule has 2 N–H and O–H groups in total. The Hall–Kier alpha value is -2.13. The molecule has 0 aliphatic heterocycles. The van der Waals surface area contributed by atoms with Gasteiger partial charge < -0.3 is 10.6 Å². The van der Waals surface area contributed by atoms with Gasteiger partial charge in [-0.3, -0.25) is 4.79 Å². The molecular formula is C18H20N2O. The van der Waals surface area contributed by atoms with Crippen LogP contribution in [0, 0.1) is 6.92 Å². The van der Waals surface area contributed by atoms with Crippen LogP contribution in [0.5, 0.6) is 0 Å². The van der Waals surface area contributed by atoms with E-state index < -0.39 is 0 Å². The molecule has 0 spiro atoms. The first kappa shape index (κ1) is 13.8. The number of hydrogen-bond acceptors (Lipinski definition) is 2. The van der Waals surface area contributed by atoms with Crippen LogP contribution < -0.4 is 10.6 Å². The van der Waals surface area contributed by atoms with Crippen LogP contribution in [0.1, 0.15) is 34.3 Å². The van der Waals surface area contributed by atoms with Crippen LogP contribution in [-0.4, -0.2) is 11.9 Å². The van der Waals surface area contributed by atoms with Crippen molar-refractivity contribution in [3.05, 3.63) is 65.2 Å². The van der Waals surface area contributed by atoms with Gasteiger partial charge in [-0.05, 0) is 49.6 Å². The summed E-state index contributed by atoms with van der Waals surface area (Å²) in [6.07, 6.45) is 2.16. The average Bonchev–Trinajstić information content (AvgIpc) is 3.33. The molecule has 1 aliphatic rings. The SMILES string of the molecule is Cc1cccc(C(=O)N(c2ccc(CN)cc2)C2CC2)c1. The molecule has 21 heavy (non-hydrogen) atoms. The molecule has 0 atom stereocenters. The van der Waals surface area contributed by atoms with E-state index in [1.54, 1.807) is 0 Å². The second-order valence-electron chi connectivity index (χ2n) is 5.65. The normalized spacial score (nSPS) is 14.0. The van der Waals surface area contributed by atoms with Gasteiger partial charge in [0.1, 0.15) is 0 Å². The highest BCUT2D eigenvalue weighted by Crippen LogP contribution is 2.33. The van der Waals surface area contributed by atoms with E-state index >= 15 is 0 Å². The van der Waals surface area contributed by atoms with E-state index in [1.807, 2.05) is 60.4 Å². The summed E-state index contributed by atoms with van der Waals surface area (Å²) < 4.78 is 0. The largest absolute Gasteiger partial charge is 0.326 e. The lowest BCUT2D eigenvalue weighted by Crippen LogP contribution is -2.33. The Bertz CT molecular complexity index is 645. The number of nitrogens with zero attached hydrogens (tertiary/aromatic N) is 1. The van der Waals surface area contributed by atoms with Crippen LogP contribution in [0.25, 0.3) is 0 Å². The fourth-order valence-electron chi connectivity index (χ4n) is 2.54. The molecule has 0 radical (unpaired) electrons. The molecule has 3 heteroatoms. The minimum absolute atomic E-state index is 0.0849. The van der Waals surface area contributed by atoms with Crippen molar-refractivity contribution in [1.82, 2.24) is 0 Å². The summed E-state index contributed by atoms with van der Waals surface area (Å²) in [5.41, 5.74) is 9.54. The Morgan fingerprint density at radius 2 is 1.90 bits per heavy atom. The molecule has 1 amide bonds. The number of carbonyl (C=O) groups is 1. The first-order valence-electron chi connectivity index (χ1n) is 7.38. The van der Waals surface area contributed by atoms with E-state index in [9.17, 15) is 4.79 Å². The summed E-state index contributed by atoms with van der Waals surface area (Å²) in [6, 6.07) is 16.1. The summed E-state index contributed by atoms with van der Waals surface area (Å²) >= 11 is 0. The molecule has 3 rings (SSSR count). The Morgan fingerprint density at radius 1 is 1.19 bits per heavy atom. The van der Waals surface area contributed by atoms with Crippen molar-refractivity contribution in [1.29, 1.82) is 0 Å². The fraction of sp³-hybridized carbons (Fsp3) is 0.278. The predicted molar refractivity (Wildman–Crippen MR) is 85.3 cm³/mol. The lowest BCUT2D eigenvalue weighted by atomic mass is 10.1. The zero-order valence-electron chi connectivity index (χ0n) is 12.3. The number of benzene rings is 2. The number of rotatable bonds is 4. The molecule has 0 heterocycles. The Labute approximate surface area is 125 Å². The number of nitrogens with two attached hydrogens (primary N) is 1. The van der Waals surface area contributed by atoms with Crippen LogP contribution in [0.3, 0.4) is 0 Å². The van der Waals surface area contributed by atoms with Crippen LogP contribution in [0.4, 0.5) is 5.69 Å². The second kappa shape index (κ2) is 5.70. The van der Waals surface area contributed by atoms with Crippen molar-refractivity contribution in [2.24, 2.45) is 5.73 Å². The van der Waals surface area contributed by atoms with Gasteiger partial charge in [0.15, 0.2) is 0 Å². The molecule has 3 nitrogen and oxygen atoms in total. The number of amides is 1. The standard InChI is InChI=1S/C18H20N2O/c1-13-3-2-4-15(11-13)18(21)20(17-9-10-17)16-7-5-14(12-19)6-8-16/h2-8,11,17H,9-10,12,19H2,1H3. The van der Waals surface area contributed by atoms with Crippen molar-refractivity contribution < 1.29 is 4.79 Å². The number of hydrogen-bond donors (Lipinski definition) is 1. The third-order valence-electron chi connectivity index (χ3n) is 3.85. The van der Waals surface area contributed by atoms with Gasteiger partial charge in [0.05, 0.1) is 0 Å². The molecule has 0 bridgehead atoms. The average molecular weight is 280 g/mol. The third-order valence-corrected chi connectivity index (χ3v) is 3.85. The van der Waals surface area contributed by atoms with Crippen molar-refractivity contribution in [3.63, 3.8) is 0 Å². The molecule has 1 saturated carbocycles. The fourth-order valence-corrected chi connectivity index (χ4v) is 2.54. The minimum atomic E-state index is 0.0849. The second-order valence-corrected chi connectivity index (χ2v) is 5.65. The Balaban J connectivity index is 1.92. The summed E-state index contributed by atoms with van der Waals surface area (Å²) in [6.45, 7) is 2.53. The molecule has 1 fully saturated rings. The lowest BCUT2D eigenvalue weighted by molar-refractivity contribution is 0.0985. The zero-order valence-corrected chi connectivity index (χ0v) is 12.3. The van der Waals surface area contributed by atoms with Gasteiger partial charge >= 0.3 is 0 Å². The molecule has 1 aliphatic carbocycles. The number of carbonyl (C=O) groups excluding carboxylic acids is 1. The van der Waals surface area contributed by atoms with Crippen LogP contribution in [0.2, 0.25) is 0 Å². The highest BCUT2D eigenvalue weighted by atomic mass is 16.2. The Kier molecular flexibility index (Phi) is 3.76. The number of anilines is 1. The quantitative estimate of drug-likeness (QED) is 0.934. The van der Waals surface area contributed by atoms with Crippen molar-refractivity contribution in [2.75, 3.05) is 4.90 Å². The van der Waals surface area contributed by atoms with Gasteiger partial charge in [-0.1, -0.05) is 29.8 Å². The van der Waals surface area contributed by atoms with Gasteiger partial charge in [0, 0.05) is 23.8 Å². The van der Waals surface area contributed by atoms with Gasteiger partial charge in [-0.2, -0.15) is 0 Å². The summed E-state index contributed by atoms with van der Waals surface area (Å²) in [4.78, 5) is 14.8. The van der Waals surface area contributed by atoms with Crippen molar-refractivity contribution in [2.45, 2.75) is 32.4 Å². The van der Waals surface area contributed by atoms with E-state index in [0.717, 1.165) is 35.2 Å². The highest BCUT2D eigenvalue weighted by molar-refractivity contribution is 6.06. The molecule has 0 unspecified atom stereocenters. The van der Waals surface area contributed by atoms with E-state index in [-0.39, 0.29) is 5.91 Å². The van der Waals surface area contributed by atoms with E-state index in [4.69, 9.17) is 5.73 Å². The van der Waals surface area contributed by atoms with Gasteiger partial charge in [0.25, 0.3) is 5.91 Å². The molecule has 0 saturated heterocycles. The van der Waals surface area contributed by atoms with Crippen molar-refractivity contribution >= 4 is 11.6 Å². The van der Waals surface area contributed by atoms with Crippen LogP contribution in [0.15, 0.2) is 48.5 Å². The van der Waals surface area contributed by atoms with E-state index in [1.165, 1.54) is 0 Å². The van der Waals surface area contributed by atoms with E-state index in [2.05, 4.69) is 0 Å². The smallest absolute Gasteiger partial charge is 0.258 e. The highest BCUT2D eigenvalue weighted by Gasteiger charge is 2.34. The van der Waals surface area contributed by atoms with Crippen molar-refractivity contribution in [3.8, 4) is 0 Å². The summed E-state index contributed by atoms with van der Waals surface area (Å²) in [5, 5.41) is 0. The monoisotopic (exact) mass is 280 g/mol. The zero-order chi connectivity index (χ0) is 14.8. The molecule has 2 aromatic rings. The maximum atomic E-state index is 12.8. The summed E-state index contributed by atoms with van der Waals surface area (Å²) in [5.74, 6) is 0.0849. The van der Waals surface area contributed by atoms with E-state index in [0.29, 0.717) is 12.6 Å². The van der Waals surface area contributed by atoms with Crippen LogP contribution in [-0.2, 0) is 6.54 Å². The maximum absolute atomic E-state index is 12.8. The summed E-state index contributed by atoms with van der Waals surface area (Å²) in [7, 11) is 0. The molecule has 0 aromatic heterocycles. The predicted octanol–water partition coefficient (Wildman–Crippen LogP) is 3.26. The molecule has 2 aromatic carbocycles. The minimum Gasteiger partial charge on any atom is -0.326 e. The topological polar surface area (TPSA) is 46.3 Å². The lowest BCUT2D eigenvalue weighted by Gasteiger charge is -2.23. The maximum Gasteiger partial charge on any atom is 0.258 e. The van der Waals surface area contributed by atoms with Gasteiger partial charge in [-0.25, -0.2) is 0 Å². The molecule has 108 valence electrons. The number of aryl methyl sites for hydroxylation is 1. The van der Waals surface area contributed by atoms with Crippen LogP contribution >= 0.6 is 0 Å². The van der Waals surface area contributed by atoms with Gasteiger partial charge in [-0.15, -0.1) is 0 Å². The third kappa shape index (κ3) is 2.98. The van der Waals surface area contributed by atoms with Gasteiger partial charge in [0.2, 0.25) is 0 Å².